The Morgan fingerprint density at radius 1 is 1.04 bits per heavy atom. The lowest BCUT2D eigenvalue weighted by molar-refractivity contribution is -0.139. The van der Waals surface area contributed by atoms with Crippen LogP contribution in [0, 0.1) is 0 Å². The average molecular weight is 733 g/mol. The molecule has 0 spiro atoms. The van der Waals surface area contributed by atoms with Crippen LogP contribution in [0.5, 0.6) is 5.75 Å². The first-order chi connectivity index (χ1) is 24.6. The Morgan fingerprint density at radius 2 is 1.86 bits per heavy atom. The maximum Gasteiger partial charge on any atom is 0.326 e. The van der Waals surface area contributed by atoms with Gasteiger partial charge in [0.15, 0.2) is 5.96 Å². The van der Waals surface area contributed by atoms with Gasteiger partial charge >= 0.3 is 5.97 Å². The number of fused-ring (bicyclic) bond motifs is 1. The largest absolute Gasteiger partial charge is 0.492 e. The van der Waals surface area contributed by atoms with Crippen molar-refractivity contribution >= 4 is 50.7 Å². The maximum atomic E-state index is 14.0. The standard InChI is InChI=1S/C35H40N8O6S2/c36-35(37)39-12-4-7-28(34(45)46)40-33(44)32-27(10-18-50-32)41-51(47,48)29-21-26(20-25-9-17-49-31(25)29)24-6-3-5-23(19-24)22-42-13-15-43(16-14-42)30-8-1-2-11-38-30/h1-3,5-6,8,10-11,18-21,28,41H,4,7,9,12-17,22H2,(H,40,44)(H,45,46)(H4,36,37,39)/t28-/m0/s1. The van der Waals surface area contributed by atoms with Gasteiger partial charge in [0.05, 0.1) is 12.3 Å². The molecule has 0 bridgehead atoms. The molecule has 0 unspecified atom stereocenters. The van der Waals surface area contributed by atoms with Crippen LogP contribution in [0.3, 0.4) is 0 Å². The fourth-order valence-electron chi connectivity index (χ4n) is 6.17. The summed E-state index contributed by atoms with van der Waals surface area (Å²) in [5.41, 5.74) is 14.2. The van der Waals surface area contributed by atoms with Crippen molar-refractivity contribution in [2.75, 3.05) is 49.0 Å². The Hall–Kier alpha value is -5.19. The molecule has 51 heavy (non-hydrogen) atoms. The SMILES string of the molecule is NC(N)=NCCC[C@H](NC(=O)c1sccc1NS(=O)(=O)c1cc(-c2cccc(CN3CCN(c4ccccn4)CC3)c2)cc2c1OCC2)C(=O)O. The molecule has 6 rings (SSSR count). The molecule has 2 aromatic carbocycles. The number of guanidine groups is 1. The van der Waals surface area contributed by atoms with Crippen molar-refractivity contribution < 1.29 is 27.9 Å². The Labute approximate surface area is 300 Å². The number of hydrogen-bond acceptors (Lipinski definition) is 10. The van der Waals surface area contributed by atoms with Crippen LogP contribution in [0.15, 0.2) is 82.1 Å². The lowest BCUT2D eigenvalue weighted by atomic mass is 10.00. The predicted octanol–water partition coefficient (Wildman–Crippen LogP) is 3.10. The molecule has 4 heterocycles. The number of carboxylic acid groups (broad SMARTS) is 1. The number of amides is 1. The highest BCUT2D eigenvalue weighted by Gasteiger charge is 2.30. The molecule has 0 saturated carbocycles. The highest BCUT2D eigenvalue weighted by atomic mass is 32.2. The zero-order valence-electron chi connectivity index (χ0n) is 27.8. The smallest absolute Gasteiger partial charge is 0.326 e. The van der Waals surface area contributed by atoms with Crippen LogP contribution in [0.2, 0.25) is 0 Å². The third kappa shape index (κ3) is 8.76. The van der Waals surface area contributed by atoms with Gasteiger partial charge in [0.25, 0.3) is 15.9 Å². The number of nitrogens with one attached hydrogen (secondary N) is 2. The predicted molar refractivity (Wildman–Crippen MR) is 197 cm³/mol. The summed E-state index contributed by atoms with van der Waals surface area (Å²) in [6, 6.07) is 17.9. The Morgan fingerprint density at radius 3 is 2.61 bits per heavy atom. The second-order valence-corrected chi connectivity index (χ2v) is 14.9. The Kier molecular flexibility index (Phi) is 11.0. The number of anilines is 2. The third-order valence-corrected chi connectivity index (χ3v) is 11.0. The molecule has 0 aliphatic carbocycles. The summed E-state index contributed by atoms with van der Waals surface area (Å²) >= 11 is 0.992. The van der Waals surface area contributed by atoms with Gasteiger partial charge in [0.1, 0.15) is 27.4 Å². The lowest BCUT2D eigenvalue weighted by Crippen LogP contribution is -2.46. The van der Waals surface area contributed by atoms with Crippen LogP contribution in [0.1, 0.15) is 33.6 Å². The summed E-state index contributed by atoms with van der Waals surface area (Å²) in [5.74, 6) is -0.803. The highest BCUT2D eigenvalue weighted by Crippen LogP contribution is 2.39. The fourth-order valence-corrected chi connectivity index (χ4v) is 8.27. The number of sulfonamides is 1. The number of carboxylic acids is 1. The van der Waals surface area contributed by atoms with E-state index in [4.69, 9.17) is 16.2 Å². The summed E-state index contributed by atoms with van der Waals surface area (Å²) in [4.78, 5) is 38.0. The summed E-state index contributed by atoms with van der Waals surface area (Å²) in [6.07, 6.45) is 2.75. The van der Waals surface area contributed by atoms with Crippen molar-refractivity contribution in [3.05, 3.63) is 88.2 Å². The molecule has 1 fully saturated rings. The fraction of sp³-hybridized carbons (Fsp3) is 0.314. The molecule has 1 atom stereocenters. The molecular formula is C35H40N8O6S2. The number of benzene rings is 2. The van der Waals surface area contributed by atoms with Crippen molar-refractivity contribution in [2.24, 2.45) is 16.5 Å². The molecule has 14 nitrogen and oxygen atoms in total. The molecule has 16 heteroatoms. The number of hydrogen-bond donors (Lipinski definition) is 5. The maximum absolute atomic E-state index is 14.0. The molecule has 0 radical (unpaired) electrons. The van der Waals surface area contributed by atoms with E-state index >= 15 is 0 Å². The number of aliphatic carboxylic acids is 1. The van der Waals surface area contributed by atoms with Crippen molar-refractivity contribution in [3.63, 3.8) is 0 Å². The number of ether oxygens (including phenoxy) is 1. The monoisotopic (exact) mass is 732 g/mol. The third-order valence-electron chi connectivity index (χ3n) is 8.72. The van der Waals surface area contributed by atoms with Crippen LogP contribution in [0.4, 0.5) is 11.5 Å². The summed E-state index contributed by atoms with van der Waals surface area (Å²) < 4.78 is 36.3. The molecule has 2 aliphatic heterocycles. The molecule has 2 aromatic heterocycles. The summed E-state index contributed by atoms with van der Waals surface area (Å²) in [6.45, 7) is 4.85. The number of nitrogens with zero attached hydrogens (tertiary/aromatic N) is 4. The minimum absolute atomic E-state index is 0.0244. The molecule has 2 aliphatic rings. The van der Waals surface area contributed by atoms with Crippen LogP contribution >= 0.6 is 11.3 Å². The van der Waals surface area contributed by atoms with E-state index in [2.05, 4.69) is 41.9 Å². The normalized spacial score (nSPS) is 15.0. The van der Waals surface area contributed by atoms with Crippen LogP contribution < -0.4 is 31.1 Å². The zero-order chi connectivity index (χ0) is 36.0. The van der Waals surface area contributed by atoms with E-state index in [9.17, 15) is 23.1 Å². The van der Waals surface area contributed by atoms with E-state index in [1.165, 1.54) is 6.07 Å². The number of aromatic nitrogens is 1. The molecule has 7 N–H and O–H groups in total. The first-order valence-electron chi connectivity index (χ1n) is 16.5. The van der Waals surface area contributed by atoms with Crippen LogP contribution in [0.25, 0.3) is 11.1 Å². The lowest BCUT2D eigenvalue weighted by Gasteiger charge is -2.35. The summed E-state index contributed by atoms with van der Waals surface area (Å²) in [7, 11) is -4.25. The van der Waals surface area contributed by atoms with E-state index in [0.29, 0.717) is 19.4 Å². The minimum Gasteiger partial charge on any atom is -0.492 e. The Bertz CT molecular complexity index is 2010. The number of rotatable bonds is 14. The van der Waals surface area contributed by atoms with E-state index in [1.807, 2.05) is 42.6 Å². The minimum atomic E-state index is -4.25. The number of thiophene rings is 1. The molecule has 4 aromatic rings. The van der Waals surface area contributed by atoms with Crippen molar-refractivity contribution in [2.45, 2.75) is 36.7 Å². The van der Waals surface area contributed by atoms with Gasteiger partial charge in [-0.15, -0.1) is 11.3 Å². The zero-order valence-corrected chi connectivity index (χ0v) is 29.5. The van der Waals surface area contributed by atoms with Gasteiger partial charge in [-0.2, -0.15) is 0 Å². The van der Waals surface area contributed by atoms with E-state index < -0.39 is 27.9 Å². The second kappa shape index (κ2) is 15.8. The first kappa shape index (κ1) is 35.6. The van der Waals surface area contributed by atoms with Gasteiger partial charge in [-0.05, 0) is 76.9 Å². The van der Waals surface area contributed by atoms with Gasteiger partial charge in [-0.25, -0.2) is 18.2 Å². The van der Waals surface area contributed by atoms with E-state index in [1.54, 1.807) is 11.4 Å². The number of carbonyl (C=O) groups excluding carboxylic acids is 1. The van der Waals surface area contributed by atoms with Gasteiger partial charge in [0, 0.05) is 51.9 Å². The van der Waals surface area contributed by atoms with Crippen LogP contribution in [-0.2, 0) is 27.8 Å². The number of aliphatic imine (C=N–C) groups is 1. The molecule has 268 valence electrons. The van der Waals surface area contributed by atoms with Crippen LogP contribution in [-0.4, -0.2) is 86.6 Å². The molecule has 1 saturated heterocycles. The molecular weight excluding hydrogens is 693 g/mol. The van der Waals surface area contributed by atoms with Crippen molar-refractivity contribution in [1.29, 1.82) is 0 Å². The number of piperazine rings is 1. The van der Waals surface area contributed by atoms with Gasteiger partial charge in [-0.3, -0.25) is 19.4 Å². The van der Waals surface area contributed by atoms with Gasteiger partial charge < -0.3 is 31.5 Å². The van der Waals surface area contributed by atoms with Crippen molar-refractivity contribution in [3.8, 4) is 16.9 Å². The average Bonchev–Trinajstić information content (AvgIpc) is 3.79. The summed E-state index contributed by atoms with van der Waals surface area (Å²) in [5, 5.41) is 13.7. The Balaban J connectivity index is 1.17. The number of carbonyl (C=O) groups is 2. The number of nitrogens with two attached hydrogens (primary N) is 2. The first-order valence-corrected chi connectivity index (χ1v) is 18.9. The van der Waals surface area contributed by atoms with E-state index in [-0.39, 0.29) is 40.1 Å². The molecule has 1 amide bonds. The van der Waals surface area contributed by atoms with Crippen molar-refractivity contribution in [1.82, 2.24) is 15.2 Å². The highest BCUT2D eigenvalue weighted by molar-refractivity contribution is 7.92. The quantitative estimate of drug-likeness (QED) is 0.0724. The van der Waals surface area contributed by atoms with E-state index in [0.717, 1.165) is 72.1 Å². The topological polar surface area (TPSA) is 206 Å². The van der Waals surface area contributed by atoms with Gasteiger partial charge in [0.2, 0.25) is 0 Å². The van der Waals surface area contributed by atoms with Gasteiger partial charge in [-0.1, -0.05) is 24.3 Å². The number of pyridine rings is 1. The second-order valence-electron chi connectivity index (χ2n) is 12.3.